The molecule has 1 fully saturated rings. The molecule has 1 aromatic rings. The van der Waals surface area contributed by atoms with E-state index in [1.807, 2.05) is 12.1 Å². The zero-order valence-electron chi connectivity index (χ0n) is 20.5. The highest BCUT2D eigenvalue weighted by molar-refractivity contribution is 5.71. The summed E-state index contributed by atoms with van der Waals surface area (Å²) in [6, 6.07) is 6.02. The van der Waals surface area contributed by atoms with E-state index in [1.165, 1.54) is 19.6 Å². The summed E-state index contributed by atoms with van der Waals surface area (Å²) >= 11 is 0. The Morgan fingerprint density at radius 1 is 1.21 bits per heavy atom. The van der Waals surface area contributed by atoms with Crippen LogP contribution >= 0.6 is 0 Å². The van der Waals surface area contributed by atoms with Gasteiger partial charge in [-0.05, 0) is 67.1 Å². The number of hydrogen-bond acceptors (Lipinski definition) is 6. The third kappa shape index (κ3) is 6.50. The molecule has 3 rings (SSSR count). The number of carbonyl (C=O) groups is 2. The van der Waals surface area contributed by atoms with E-state index in [1.54, 1.807) is 0 Å². The van der Waals surface area contributed by atoms with Gasteiger partial charge in [-0.25, -0.2) is 4.79 Å². The van der Waals surface area contributed by atoms with Crippen LogP contribution in [0.2, 0.25) is 0 Å². The van der Waals surface area contributed by atoms with Gasteiger partial charge in [0.15, 0.2) is 6.61 Å². The van der Waals surface area contributed by atoms with Crippen LogP contribution in [0.5, 0.6) is 5.75 Å². The van der Waals surface area contributed by atoms with Crippen LogP contribution in [0.4, 0.5) is 0 Å². The minimum Gasteiger partial charge on any atom is -0.482 e. The first-order valence-electron chi connectivity index (χ1n) is 12.5. The molecule has 2 aliphatic rings. The van der Waals surface area contributed by atoms with Crippen molar-refractivity contribution in [3.8, 4) is 5.75 Å². The van der Waals surface area contributed by atoms with Crippen molar-refractivity contribution in [2.24, 2.45) is 23.7 Å². The number of fused-ring (bicyclic) bond motifs is 2. The molecule has 6 heteroatoms. The number of aliphatic hydroxyl groups is 1. The normalized spacial score (nSPS) is 25.5. The molecule has 1 aromatic carbocycles. The number of benzene rings is 1. The van der Waals surface area contributed by atoms with E-state index < -0.39 is 5.97 Å². The molecule has 0 aromatic heterocycles. The van der Waals surface area contributed by atoms with E-state index in [0.29, 0.717) is 11.8 Å². The van der Waals surface area contributed by atoms with Crippen molar-refractivity contribution in [1.82, 2.24) is 0 Å². The van der Waals surface area contributed by atoms with Crippen molar-refractivity contribution in [3.63, 3.8) is 0 Å². The Hall–Kier alpha value is -2.08. The van der Waals surface area contributed by atoms with Crippen LogP contribution < -0.4 is 4.74 Å². The first kappa shape index (κ1) is 25.5. The smallest absolute Gasteiger partial charge is 0.343 e. The van der Waals surface area contributed by atoms with E-state index in [-0.39, 0.29) is 36.6 Å². The summed E-state index contributed by atoms with van der Waals surface area (Å²) in [5, 5.41) is 10.6. The van der Waals surface area contributed by atoms with Gasteiger partial charge >= 0.3 is 11.9 Å². The Morgan fingerprint density at radius 2 is 2.00 bits per heavy atom. The highest BCUT2D eigenvalue weighted by Crippen LogP contribution is 2.51. The van der Waals surface area contributed by atoms with E-state index in [0.717, 1.165) is 62.7 Å². The van der Waals surface area contributed by atoms with Gasteiger partial charge in [0.25, 0.3) is 0 Å². The number of methoxy groups -OCH3 is 1. The summed E-state index contributed by atoms with van der Waals surface area (Å²) in [7, 11) is 1.35. The first-order chi connectivity index (χ1) is 15.8. The van der Waals surface area contributed by atoms with Gasteiger partial charge < -0.3 is 19.3 Å². The molecule has 0 saturated heterocycles. The minimum atomic E-state index is -0.400. The Kier molecular flexibility index (Phi) is 9.19. The predicted octanol–water partition coefficient (Wildman–Crippen LogP) is 4.49. The fourth-order valence-corrected chi connectivity index (χ4v) is 6.10. The molecule has 0 heterocycles. The maximum atomic E-state index is 11.9. The highest BCUT2D eigenvalue weighted by Gasteiger charge is 2.49. The summed E-state index contributed by atoms with van der Waals surface area (Å²) in [6.07, 6.45) is 7.06. The molecule has 0 aliphatic heterocycles. The topological polar surface area (TPSA) is 82.1 Å². The second-order valence-electron chi connectivity index (χ2n) is 9.91. The van der Waals surface area contributed by atoms with E-state index in [4.69, 9.17) is 14.2 Å². The largest absolute Gasteiger partial charge is 0.482 e. The maximum Gasteiger partial charge on any atom is 0.343 e. The lowest BCUT2D eigenvalue weighted by Gasteiger charge is -2.35. The van der Waals surface area contributed by atoms with Crippen molar-refractivity contribution in [2.75, 3.05) is 13.7 Å². The quantitative estimate of drug-likeness (QED) is 0.387. The number of hydrogen-bond donors (Lipinski definition) is 1. The number of ether oxygens (including phenoxy) is 3. The molecule has 0 bridgehead atoms. The van der Waals surface area contributed by atoms with Gasteiger partial charge in [-0.3, -0.25) is 4.79 Å². The van der Waals surface area contributed by atoms with Gasteiger partial charge in [0, 0.05) is 12.8 Å². The molecule has 2 aliphatic carbocycles. The van der Waals surface area contributed by atoms with Crippen molar-refractivity contribution in [1.29, 1.82) is 0 Å². The Balaban J connectivity index is 1.76. The molecule has 6 atom stereocenters. The molecule has 1 saturated carbocycles. The molecule has 0 amide bonds. The standard InChI is InChI=1S/C27H40O6/c1-5-6-7-10-21(29)12-17(2)27-23-13-19-9-8-11-24(32-16-26(30)31-4)22(19)14-20(23)15-25(27)33-18(3)28/h8-9,11,17,20-21,23,25,27,29H,5-7,10,12-16H2,1-4H3/t17-,20-,21-,23-,25+,27+/m0/s1. The van der Waals surface area contributed by atoms with E-state index in [9.17, 15) is 14.7 Å². The van der Waals surface area contributed by atoms with Gasteiger partial charge in [-0.15, -0.1) is 0 Å². The number of unbranched alkanes of at least 4 members (excludes halogenated alkanes) is 2. The molecular formula is C27H40O6. The van der Waals surface area contributed by atoms with Crippen LogP contribution in [0.25, 0.3) is 0 Å². The monoisotopic (exact) mass is 460 g/mol. The van der Waals surface area contributed by atoms with Crippen molar-refractivity contribution < 1.29 is 28.9 Å². The van der Waals surface area contributed by atoms with Crippen molar-refractivity contribution in [2.45, 2.75) is 84.3 Å². The highest BCUT2D eigenvalue weighted by atomic mass is 16.6. The lowest BCUT2D eigenvalue weighted by Crippen LogP contribution is -2.34. The molecule has 0 radical (unpaired) electrons. The lowest BCUT2D eigenvalue weighted by molar-refractivity contribution is -0.149. The second-order valence-corrected chi connectivity index (χ2v) is 9.91. The summed E-state index contributed by atoms with van der Waals surface area (Å²) in [4.78, 5) is 23.4. The van der Waals surface area contributed by atoms with E-state index in [2.05, 4.69) is 19.9 Å². The molecule has 0 unspecified atom stereocenters. The summed E-state index contributed by atoms with van der Waals surface area (Å²) in [5.41, 5.74) is 2.39. The Morgan fingerprint density at radius 3 is 2.70 bits per heavy atom. The van der Waals surface area contributed by atoms with Crippen molar-refractivity contribution in [3.05, 3.63) is 29.3 Å². The fraction of sp³-hybridized carbons (Fsp3) is 0.704. The Bertz CT molecular complexity index is 806. The minimum absolute atomic E-state index is 0.104. The van der Waals surface area contributed by atoms with Gasteiger partial charge in [-0.1, -0.05) is 45.2 Å². The number of carbonyl (C=O) groups excluding carboxylic acids is 2. The van der Waals surface area contributed by atoms with Crippen LogP contribution in [-0.4, -0.2) is 43.0 Å². The Labute approximate surface area is 198 Å². The predicted molar refractivity (Wildman–Crippen MR) is 126 cm³/mol. The van der Waals surface area contributed by atoms with Crippen LogP contribution in [0.1, 0.15) is 70.4 Å². The molecule has 184 valence electrons. The van der Waals surface area contributed by atoms with Crippen LogP contribution in [0.15, 0.2) is 18.2 Å². The van der Waals surface area contributed by atoms with Gasteiger partial charge in [-0.2, -0.15) is 0 Å². The average molecular weight is 461 g/mol. The SMILES string of the molecule is CCCCC[C@H](O)C[C@H](C)[C@@H]1[C@H]2Cc3cccc(OCC(=O)OC)c3C[C@H]2C[C@H]1OC(C)=O. The fourth-order valence-electron chi connectivity index (χ4n) is 6.10. The maximum absolute atomic E-state index is 11.9. The van der Waals surface area contributed by atoms with Crippen LogP contribution in [0, 0.1) is 23.7 Å². The molecule has 6 nitrogen and oxygen atoms in total. The van der Waals surface area contributed by atoms with Gasteiger partial charge in [0.1, 0.15) is 11.9 Å². The van der Waals surface area contributed by atoms with Gasteiger partial charge in [0.2, 0.25) is 0 Å². The first-order valence-corrected chi connectivity index (χ1v) is 12.5. The third-order valence-corrected chi connectivity index (χ3v) is 7.55. The zero-order valence-corrected chi connectivity index (χ0v) is 20.5. The number of aliphatic hydroxyl groups excluding tert-OH is 1. The molecule has 1 N–H and O–H groups in total. The lowest BCUT2D eigenvalue weighted by atomic mass is 9.70. The van der Waals surface area contributed by atoms with Crippen molar-refractivity contribution >= 4 is 11.9 Å². The number of esters is 2. The zero-order chi connectivity index (χ0) is 24.0. The summed E-state index contributed by atoms with van der Waals surface area (Å²) < 4.78 is 16.3. The third-order valence-electron chi connectivity index (χ3n) is 7.55. The summed E-state index contributed by atoms with van der Waals surface area (Å²) in [6.45, 7) is 5.76. The van der Waals surface area contributed by atoms with E-state index >= 15 is 0 Å². The van der Waals surface area contributed by atoms with Crippen LogP contribution in [0.3, 0.4) is 0 Å². The number of rotatable bonds is 11. The molecule has 33 heavy (non-hydrogen) atoms. The second kappa shape index (κ2) is 11.9. The molecular weight excluding hydrogens is 420 g/mol. The van der Waals surface area contributed by atoms with Crippen LogP contribution in [-0.2, 0) is 31.9 Å². The molecule has 0 spiro atoms. The van der Waals surface area contributed by atoms with Gasteiger partial charge in [0.05, 0.1) is 13.2 Å². The average Bonchev–Trinajstić information content (AvgIpc) is 3.11. The summed E-state index contributed by atoms with van der Waals surface area (Å²) in [5.74, 6) is 1.38.